The SMILES string of the molecule is CCC=N/C=C(F)\C=C\F. The van der Waals surface area contributed by atoms with Crippen molar-refractivity contribution in [1.29, 1.82) is 0 Å². The Kier molecular flexibility index (Phi) is 5.53. The second-order valence-electron chi connectivity index (χ2n) is 1.55. The van der Waals surface area contributed by atoms with Gasteiger partial charge in [-0.25, -0.2) is 8.78 Å². The number of rotatable bonds is 3. The third kappa shape index (κ3) is 5.15. The predicted molar refractivity (Wildman–Crippen MR) is 38.2 cm³/mol. The van der Waals surface area contributed by atoms with E-state index in [1.807, 2.05) is 6.92 Å². The average Bonchev–Trinajstić information content (AvgIpc) is 1.89. The summed E-state index contributed by atoms with van der Waals surface area (Å²) >= 11 is 0. The maximum Gasteiger partial charge on any atom is 0.143 e. The molecule has 0 saturated carbocycles. The van der Waals surface area contributed by atoms with Crippen LogP contribution in [0.4, 0.5) is 8.78 Å². The van der Waals surface area contributed by atoms with E-state index in [4.69, 9.17) is 0 Å². The van der Waals surface area contributed by atoms with E-state index in [1.54, 1.807) is 0 Å². The van der Waals surface area contributed by atoms with Crippen molar-refractivity contribution in [2.45, 2.75) is 13.3 Å². The zero-order valence-corrected chi connectivity index (χ0v) is 5.72. The standard InChI is InChI=1S/C7H9F2N/c1-2-5-10-6-7(9)3-4-8/h3-6H,2H2,1H3/b4-3+,7-6+,10-5?. The van der Waals surface area contributed by atoms with Crippen molar-refractivity contribution >= 4 is 6.21 Å². The molecule has 10 heavy (non-hydrogen) atoms. The Morgan fingerprint density at radius 2 is 2.30 bits per heavy atom. The molecule has 0 fully saturated rings. The number of hydrogen-bond acceptors (Lipinski definition) is 1. The van der Waals surface area contributed by atoms with Crippen molar-refractivity contribution < 1.29 is 8.78 Å². The number of allylic oxidation sites excluding steroid dienone is 2. The van der Waals surface area contributed by atoms with Gasteiger partial charge in [-0.05, 0) is 6.42 Å². The van der Waals surface area contributed by atoms with Crippen LogP contribution in [0, 0.1) is 0 Å². The van der Waals surface area contributed by atoms with Gasteiger partial charge >= 0.3 is 0 Å². The highest BCUT2D eigenvalue weighted by Gasteiger charge is 1.81. The van der Waals surface area contributed by atoms with Crippen molar-refractivity contribution in [1.82, 2.24) is 0 Å². The van der Waals surface area contributed by atoms with Gasteiger partial charge < -0.3 is 0 Å². The summed E-state index contributed by atoms with van der Waals surface area (Å²) in [6, 6.07) is 0. The second kappa shape index (κ2) is 6.13. The maximum atomic E-state index is 12.1. The molecular weight excluding hydrogens is 136 g/mol. The van der Waals surface area contributed by atoms with E-state index in [0.29, 0.717) is 6.08 Å². The Hall–Kier alpha value is -0.990. The van der Waals surface area contributed by atoms with Crippen LogP contribution in [0.25, 0.3) is 0 Å². The predicted octanol–water partition coefficient (Wildman–Crippen LogP) is 2.76. The monoisotopic (exact) mass is 145 g/mol. The fourth-order valence-corrected chi connectivity index (χ4v) is 0.333. The third-order valence-corrected chi connectivity index (χ3v) is 0.708. The lowest BCUT2D eigenvalue weighted by atomic mass is 10.5. The summed E-state index contributed by atoms with van der Waals surface area (Å²) in [4.78, 5) is 3.53. The molecule has 0 aliphatic carbocycles. The molecule has 1 nitrogen and oxygen atoms in total. The Morgan fingerprint density at radius 3 is 2.80 bits per heavy atom. The second-order valence-corrected chi connectivity index (χ2v) is 1.55. The highest BCUT2D eigenvalue weighted by molar-refractivity contribution is 5.57. The molecule has 0 aromatic rings. The first kappa shape index (κ1) is 9.01. The summed E-state index contributed by atoms with van der Waals surface area (Å²) in [5.74, 6) is -0.688. The fourth-order valence-electron chi connectivity index (χ4n) is 0.333. The van der Waals surface area contributed by atoms with Crippen LogP contribution in [0.5, 0.6) is 0 Å². The van der Waals surface area contributed by atoms with Gasteiger partial charge in [-0.15, -0.1) is 0 Å². The van der Waals surface area contributed by atoms with E-state index < -0.39 is 5.83 Å². The van der Waals surface area contributed by atoms with Crippen molar-refractivity contribution in [2.75, 3.05) is 0 Å². The Morgan fingerprint density at radius 1 is 1.60 bits per heavy atom. The van der Waals surface area contributed by atoms with Crippen molar-refractivity contribution in [3.8, 4) is 0 Å². The minimum atomic E-state index is -0.688. The van der Waals surface area contributed by atoms with E-state index >= 15 is 0 Å². The summed E-state index contributed by atoms with van der Waals surface area (Å²) in [5.41, 5.74) is 0. The van der Waals surface area contributed by atoms with Crippen molar-refractivity contribution in [3.05, 3.63) is 24.4 Å². The first-order chi connectivity index (χ1) is 4.81. The van der Waals surface area contributed by atoms with Crippen molar-refractivity contribution in [3.63, 3.8) is 0 Å². The van der Waals surface area contributed by atoms with Crippen LogP contribution >= 0.6 is 0 Å². The molecule has 0 amide bonds. The van der Waals surface area contributed by atoms with Gasteiger partial charge in [0.2, 0.25) is 0 Å². The molecule has 0 N–H and O–H groups in total. The highest BCUT2D eigenvalue weighted by atomic mass is 19.1. The molecule has 0 aromatic heterocycles. The zero-order valence-electron chi connectivity index (χ0n) is 5.72. The Labute approximate surface area is 58.8 Å². The van der Waals surface area contributed by atoms with Crippen LogP contribution in [0.3, 0.4) is 0 Å². The van der Waals surface area contributed by atoms with Gasteiger partial charge in [-0.3, -0.25) is 4.99 Å². The van der Waals surface area contributed by atoms with Gasteiger partial charge in [-0.2, -0.15) is 0 Å². The summed E-state index contributed by atoms with van der Waals surface area (Å²) in [5, 5.41) is 0. The van der Waals surface area contributed by atoms with Gasteiger partial charge in [0.15, 0.2) is 0 Å². The first-order valence-electron chi connectivity index (χ1n) is 2.95. The van der Waals surface area contributed by atoms with Crippen molar-refractivity contribution in [2.24, 2.45) is 4.99 Å². The number of aliphatic imine (C=N–C) groups is 1. The van der Waals surface area contributed by atoms with E-state index in [2.05, 4.69) is 4.99 Å². The van der Waals surface area contributed by atoms with Gasteiger partial charge in [-0.1, -0.05) is 6.92 Å². The Balaban J connectivity index is 3.79. The van der Waals surface area contributed by atoms with Crippen LogP contribution in [-0.4, -0.2) is 6.21 Å². The largest absolute Gasteiger partial charge is 0.266 e. The van der Waals surface area contributed by atoms with Gasteiger partial charge in [0.05, 0.1) is 12.5 Å². The number of halogens is 2. The van der Waals surface area contributed by atoms with Crippen LogP contribution in [0.1, 0.15) is 13.3 Å². The van der Waals surface area contributed by atoms with E-state index in [-0.39, 0.29) is 6.33 Å². The first-order valence-corrected chi connectivity index (χ1v) is 2.95. The summed E-state index contributed by atoms with van der Waals surface area (Å²) in [7, 11) is 0. The molecule has 0 heterocycles. The average molecular weight is 145 g/mol. The summed E-state index contributed by atoms with van der Waals surface area (Å²) in [6.07, 6.45) is 4.06. The molecule has 0 rings (SSSR count). The fraction of sp³-hybridized carbons (Fsp3) is 0.286. The molecule has 0 saturated heterocycles. The normalized spacial score (nSPS) is 13.7. The van der Waals surface area contributed by atoms with Gasteiger partial charge in [0.1, 0.15) is 5.83 Å². The molecule has 0 bridgehead atoms. The lowest BCUT2D eigenvalue weighted by Crippen LogP contribution is -1.66. The molecule has 0 radical (unpaired) electrons. The topological polar surface area (TPSA) is 12.4 Å². The van der Waals surface area contributed by atoms with E-state index in [0.717, 1.165) is 12.6 Å². The van der Waals surface area contributed by atoms with Crippen LogP contribution in [0.2, 0.25) is 0 Å². The number of hydrogen-bond donors (Lipinski definition) is 0. The number of nitrogens with zero attached hydrogens (tertiary/aromatic N) is 1. The lowest BCUT2D eigenvalue weighted by Gasteiger charge is -1.79. The maximum absolute atomic E-state index is 12.1. The highest BCUT2D eigenvalue weighted by Crippen LogP contribution is 1.97. The van der Waals surface area contributed by atoms with E-state index in [9.17, 15) is 8.78 Å². The van der Waals surface area contributed by atoms with Gasteiger partial charge in [0.25, 0.3) is 0 Å². The quantitative estimate of drug-likeness (QED) is 0.427. The summed E-state index contributed by atoms with van der Waals surface area (Å²) < 4.78 is 23.4. The lowest BCUT2D eigenvalue weighted by molar-refractivity contribution is 0.649. The van der Waals surface area contributed by atoms with E-state index in [1.165, 1.54) is 6.21 Å². The van der Waals surface area contributed by atoms with Crippen LogP contribution < -0.4 is 0 Å². The van der Waals surface area contributed by atoms with Crippen LogP contribution in [0.15, 0.2) is 29.4 Å². The molecule has 3 heteroatoms. The molecule has 0 aliphatic heterocycles. The van der Waals surface area contributed by atoms with Gasteiger partial charge in [0, 0.05) is 12.3 Å². The minimum absolute atomic E-state index is 0.132. The molecule has 0 aliphatic rings. The van der Waals surface area contributed by atoms with Crippen LogP contribution in [-0.2, 0) is 0 Å². The molecule has 0 atom stereocenters. The Bertz CT molecular complexity index is 159. The zero-order chi connectivity index (χ0) is 7.82. The molecular formula is C7H9F2N. The molecule has 0 spiro atoms. The smallest absolute Gasteiger partial charge is 0.143 e. The summed E-state index contributed by atoms with van der Waals surface area (Å²) in [6.45, 7) is 1.88. The third-order valence-electron chi connectivity index (χ3n) is 0.708. The molecule has 56 valence electrons. The molecule has 0 aromatic carbocycles. The minimum Gasteiger partial charge on any atom is -0.266 e. The molecule has 0 unspecified atom stereocenters.